The lowest BCUT2D eigenvalue weighted by molar-refractivity contribution is -0.144. The summed E-state index contributed by atoms with van der Waals surface area (Å²) in [5.41, 5.74) is 4.09. The average molecular weight is 407 g/mol. The topological polar surface area (TPSA) is 72.8 Å². The maximum atomic E-state index is 12.0. The third-order valence-electron chi connectivity index (χ3n) is 4.51. The van der Waals surface area contributed by atoms with E-state index in [0.29, 0.717) is 5.16 Å². The zero-order valence-electron chi connectivity index (χ0n) is 16.5. The van der Waals surface area contributed by atoms with E-state index in [9.17, 15) is 4.79 Å². The second-order valence-corrected chi connectivity index (χ2v) is 7.95. The molecule has 0 saturated heterocycles. The number of thioether (sulfide) groups is 1. The van der Waals surface area contributed by atoms with Crippen LogP contribution >= 0.6 is 11.8 Å². The SMILES string of the molecule is Cc1ccccc1-n1c(SCC(=O)OC(C)C)nnc1-c1c[nH]c2ccccc12. The van der Waals surface area contributed by atoms with Crippen molar-refractivity contribution in [2.75, 3.05) is 5.75 Å². The van der Waals surface area contributed by atoms with Crippen molar-refractivity contribution in [2.24, 2.45) is 0 Å². The Bertz CT molecular complexity index is 1160. The Kier molecular flexibility index (Phi) is 5.40. The zero-order valence-corrected chi connectivity index (χ0v) is 17.4. The van der Waals surface area contributed by atoms with Gasteiger partial charge in [-0.2, -0.15) is 0 Å². The van der Waals surface area contributed by atoms with Gasteiger partial charge in [-0.15, -0.1) is 10.2 Å². The molecule has 4 aromatic rings. The highest BCUT2D eigenvalue weighted by Gasteiger charge is 2.21. The van der Waals surface area contributed by atoms with Gasteiger partial charge in [0, 0.05) is 22.7 Å². The van der Waals surface area contributed by atoms with Crippen LogP contribution < -0.4 is 0 Å². The third-order valence-corrected chi connectivity index (χ3v) is 5.41. The van der Waals surface area contributed by atoms with Crippen LogP contribution in [-0.2, 0) is 9.53 Å². The highest BCUT2D eigenvalue weighted by Crippen LogP contribution is 2.33. The molecule has 0 radical (unpaired) electrons. The van der Waals surface area contributed by atoms with Gasteiger partial charge in [-0.1, -0.05) is 48.2 Å². The van der Waals surface area contributed by atoms with Crippen LogP contribution in [0.15, 0.2) is 59.9 Å². The second-order valence-electron chi connectivity index (χ2n) is 7.00. The summed E-state index contributed by atoms with van der Waals surface area (Å²) < 4.78 is 7.27. The minimum Gasteiger partial charge on any atom is -0.462 e. The number of fused-ring (bicyclic) bond motifs is 1. The Morgan fingerprint density at radius 3 is 2.69 bits per heavy atom. The van der Waals surface area contributed by atoms with Gasteiger partial charge in [-0.3, -0.25) is 9.36 Å². The first kappa shape index (κ1) is 19.3. The fraction of sp³-hybridized carbons (Fsp3) is 0.227. The maximum Gasteiger partial charge on any atom is 0.316 e. The fourth-order valence-electron chi connectivity index (χ4n) is 3.25. The standard InChI is InChI=1S/C22H22N4O2S/c1-14(2)28-20(27)13-29-22-25-24-21(26(22)19-11-7-4-8-15(19)3)17-12-23-18-10-6-5-9-16(17)18/h4-12,14,23H,13H2,1-3H3. The monoisotopic (exact) mass is 406 g/mol. The van der Waals surface area contributed by atoms with Crippen molar-refractivity contribution >= 4 is 28.6 Å². The normalized spacial score (nSPS) is 11.3. The lowest BCUT2D eigenvalue weighted by Crippen LogP contribution is -2.13. The van der Waals surface area contributed by atoms with Gasteiger partial charge < -0.3 is 9.72 Å². The molecular formula is C22H22N4O2S. The van der Waals surface area contributed by atoms with Crippen molar-refractivity contribution in [2.45, 2.75) is 32.0 Å². The van der Waals surface area contributed by atoms with Crippen LogP contribution in [0.3, 0.4) is 0 Å². The number of aromatic nitrogens is 4. The van der Waals surface area contributed by atoms with Gasteiger partial charge in [-0.25, -0.2) is 0 Å². The molecule has 0 aliphatic heterocycles. The van der Waals surface area contributed by atoms with Crippen molar-refractivity contribution in [1.82, 2.24) is 19.7 Å². The number of ether oxygens (including phenoxy) is 1. The summed E-state index contributed by atoms with van der Waals surface area (Å²) in [5.74, 6) is 0.644. The van der Waals surface area contributed by atoms with Crippen LogP contribution in [0.5, 0.6) is 0 Å². The van der Waals surface area contributed by atoms with Crippen LogP contribution in [0.1, 0.15) is 19.4 Å². The predicted molar refractivity (Wildman–Crippen MR) is 115 cm³/mol. The summed E-state index contributed by atoms with van der Waals surface area (Å²) in [6, 6.07) is 16.2. The first-order valence-electron chi connectivity index (χ1n) is 9.45. The molecule has 0 amide bonds. The van der Waals surface area contributed by atoms with E-state index in [1.807, 2.05) is 61.0 Å². The van der Waals surface area contributed by atoms with Crippen LogP contribution in [-0.4, -0.2) is 37.6 Å². The van der Waals surface area contributed by atoms with Crippen molar-refractivity contribution in [3.05, 3.63) is 60.3 Å². The molecule has 0 aliphatic carbocycles. The van der Waals surface area contributed by atoms with Crippen molar-refractivity contribution in [3.8, 4) is 17.1 Å². The largest absolute Gasteiger partial charge is 0.462 e. The number of hydrogen-bond donors (Lipinski definition) is 1. The molecule has 2 heterocycles. The van der Waals surface area contributed by atoms with Gasteiger partial charge in [0.15, 0.2) is 11.0 Å². The van der Waals surface area contributed by atoms with Gasteiger partial charge in [0.05, 0.1) is 17.5 Å². The molecule has 0 bridgehead atoms. The quantitative estimate of drug-likeness (QED) is 0.369. The fourth-order valence-corrected chi connectivity index (χ4v) is 3.97. The Labute approximate surface area is 173 Å². The Morgan fingerprint density at radius 2 is 1.90 bits per heavy atom. The van der Waals surface area contributed by atoms with Crippen LogP contribution in [0.2, 0.25) is 0 Å². The van der Waals surface area contributed by atoms with Crippen LogP contribution in [0, 0.1) is 6.92 Å². The number of para-hydroxylation sites is 2. The van der Waals surface area contributed by atoms with E-state index in [1.54, 1.807) is 0 Å². The molecule has 2 aromatic heterocycles. The van der Waals surface area contributed by atoms with Gasteiger partial charge in [0.1, 0.15) is 0 Å². The van der Waals surface area contributed by atoms with E-state index in [4.69, 9.17) is 4.74 Å². The summed E-state index contributed by atoms with van der Waals surface area (Å²) in [5, 5.41) is 10.6. The van der Waals surface area contributed by atoms with E-state index in [1.165, 1.54) is 11.8 Å². The summed E-state index contributed by atoms with van der Waals surface area (Å²) in [6.07, 6.45) is 1.81. The van der Waals surface area contributed by atoms with Crippen molar-refractivity contribution in [1.29, 1.82) is 0 Å². The summed E-state index contributed by atoms with van der Waals surface area (Å²) in [6.45, 7) is 5.73. The summed E-state index contributed by atoms with van der Waals surface area (Å²) in [7, 11) is 0. The number of nitrogens with one attached hydrogen (secondary N) is 1. The smallest absolute Gasteiger partial charge is 0.316 e. The number of nitrogens with zero attached hydrogens (tertiary/aromatic N) is 3. The number of aryl methyl sites for hydroxylation is 1. The lowest BCUT2D eigenvalue weighted by Gasteiger charge is -2.13. The highest BCUT2D eigenvalue weighted by atomic mass is 32.2. The zero-order chi connectivity index (χ0) is 20.4. The third kappa shape index (κ3) is 3.91. The molecule has 6 nitrogen and oxygen atoms in total. The highest BCUT2D eigenvalue weighted by molar-refractivity contribution is 7.99. The number of esters is 1. The maximum absolute atomic E-state index is 12.0. The summed E-state index contributed by atoms with van der Waals surface area (Å²) >= 11 is 1.33. The van der Waals surface area contributed by atoms with E-state index < -0.39 is 0 Å². The van der Waals surface area contributed by atoms with Crippen LogP contribution in [0.4, 0.5) is 0 Å². The molecule has 148 valence electrons. The first-order valence-corrected chi connectivity index (χ1v) is 10.4. The van der Waals surface area contributed by atoms with Crippen LogP contribution in [0.25, 0.3) is 28.0 Å². The van der Waals surface area contributed by atoms with Gasteiger partial charge in [-0.05, 0) is 38.5 Å². The Morgan fingerprint density at radius 1 is 1.14 bits per heavy atom. The lowest BCUT2D eigenvalue weighted by atomic mass is 10.1. The van der Waals surface area contributed by atoms with Gasteiger partial charge in [0.25, 0.3) is 0 Å². The molecule has 0 spiro atoms. The van der Waals surface area contributed by atoms with Gasteiger partial charge >= 0.3 is 5.97 Å². The molecular weight excluding hydrogens is 384 g/mol. The molecule has 0 fully saturated rings. The van der Waals surface area contributed by atoms with E-state index in [-0.39, 0.29) is 17.8 Å². The van der Waals surface area contributed by atoms with Crippen molar-refractivity contribution < 1.29 is 9.53 Å². The minimum atomic E-state index is -0.266. The van der Waals surface area contributed by atoms with E-state index >= 15 is 0 Å². The Hall–Kier alpha value is -3.06. The van der Waals surface area contributed by atoms with E-state index in [2.05, 4.69) is 34.2 Å². The predicted octanol–water partition coefficient (Wildman–Crippen LogP) is 4.77. The molecule has 2 aromatic carbocycles. The van der Waals surface area contributed by atoms with Gasteiger partial charge in [0.2, 0.25) is 0 Å². The molecule has 0 atom stereocenters. The number of carbonyl (C=O) groups excluding carboxylic acids is 1. The molecule has 29 heavy (non-hydrogen) atoms. The minimum absolute atomic E-state index is 0.140. The van der Waals surface area contributed by atoms with Crippen molar-refractivity contribution in [3.63, 3.8) is 0 Å². The Balaban J connectivity index is 1.79. The number of benzene rings is 2. The molecule has 1 N–H and O–H groups in total. The first-order chi connectivity index (χ1) is 14.0. The molecule has 0 aliphatic rings. The number of aromatic amines is 1. The number of carbonyl (C=O) groups is 1. The number of H-pyrrole nitrogens is 1. The molecule has 0 unspecified atom stereocenters. The van der Waals surface area contributed by atoms with E-state index in [0.717, 1.165) is 33.5 Å². The number of hydrogen-bond acceptors (Lipinski definition) is 5. The molecule has 4 rings (SSSR count). The number of rotatable bonds is 6. The summed E-state index contributed by atoms with van der Waals surface area (Å²) in [4.78, 5) is 15.3. The second kappa shape index (κ2) is 8.13. The average Bonchev–Trinajstić information content (AvgIpc) is 3.30. The molecule has 0 saturated carbocycles. The molecule has 7 heteroatoms.